The summed E-state index contributed by atoms with van der Waals surface area (Å²) in [6.45, 7) is 5.39. The lowest BCUT2D eigenvalue weighted by molar-refractivity contribution is -0.396. The van der Waals surface area contributed by atoms with Crippen molar-refractivity contribution in [3.63, 3.8) is 0 Å². The zero-order valence-electron chi connectivity index (χ0n) is 10.9. The van der Waals surface area contributed by atoms with Crippen molar-refractivity contribution in [2.45, 2.75) is 26.2 Å². The highest BCUT2D eigenvalue weighted by Gasteiger charge is 2.35. The number of benzene rings is 1. The van der Waals surface area contributed by atoms with Crippen LogP contribution in [0.4, 0.5) is 11.4 Å². The number of halogens is 1. The van der Waals surface area contributed by atoms with Gasteiger partial charge in [0.15, 0.2) is 4.47 Å². The summed E-state index contributed by atoms with van der Waals surface area (Å²) in [6.07, 6.45) is 0. The second-order valence-electron chi connectivity index (χ2n) is 4.90. The number of methoxy groups -OCH3 is 1. The van der Waals surface area contributed by atoms with Gasteiger partial charge < -0.3 is 4.74 Å². The van der Waals surface area contributed by atoms with Crippen LogP contribution in [0.1, 0.15) is 26.3 Å². The van der Waals surface area contributed by atoms with Crippen LogP contribution in [-0.2, 0) is 5.41 Å². The van der Waals surface area contributed by atoms with Gasteiger partial charge in [0.2, 0.25) is 5.75 Å². The van der Waals surface area contributed by atoms with E-state index in [1.807, 2.05) is 0 Å². The molecule has 0 amide bonds. The highest BCUT2D eigenvalue weighted by molar-refractivity contribution is 9.10. The molecule has 0 bridgehead atoms. The Morgan fingerprint density at radius 3 is 2.05 bits per heavy atom. The van der Waals surface area contributed by atoms with E-state index >= 15 is 0 Å². The van der Waals surface area contributed by atoms with E-state index in [9.17, 15) is 20.2 Å². The van der Waals surface area contributed by atoms with Gasteiger partial charge in [-0.05, 0) is 21.3 Å². The van der Waals surface area contributed by atoms with Gasteiger partial charge in [0, 0.05) is 11.6 Å². The summed E-state index contributed by atoms with van der Waals surface area (Å²) >= 11 is 2.91. The predicted octanol–water partition coefficient (Wildman–Crippen LogP) is 3.57. The van der Waals surface area contributed by atoms with Gasteiger partial charge in [-0.2, -0.15) is 0 Å². The molecule has 1 aromatic carbocycles. The van der Waals surface area contributed by atoms with Crippen molar-refractivity contribution in [2.24, 2.45) is 0 Å². The molecule has 19 heavy (non-hydrogen) atoms. The Hall–Kier alpha value is -1.70. The molecule has 0 aromatic heterocycles. The summed E-state index contributed by atoms with van der Waals surface area (Å²) in [4.78, 5) is 20.8. The standard InChI is InChI=1S/C11H13BrN2O5/c1-11(2,3)6-5-7(13(15)16)8(12)9(14(17)18)10(6)19-4/h5H,1-4H3. The number of ether oxygens (including phenoxy) is 1. The Kier molecular flexibility index (Phi) is 4.14. The van der Waals surface area contributed by atoms with Crippen molar-refractivity contribution in [3.8, 4) is 5.75 Å². The average Bonchev–Trinajstić information content (AvgIpc) is 2.25. The third kappa shape index (κ3) is 2.83. The molecular formula is C11H13BrN2O5. The summed E-state index contributed by atoms with van der Waals surface area (Å²) in [5.74, 6) is 0.0370. The molecule has 0 aliphatic rings. The van der Waals surface area contributed by atoms with Crippen molar-refractivity contribution >= 4 is 27.3 Å². The van der Waals surface area contributed by atoms with Gasteiger partial charge in [-0.15, -0.1) is 0 Å². The molecule has 0 heterocycles. The van der Waals surface area contributed by atoms with E-state index in [0.29, 0.717) is 5.56 Å². The number of rotatable bonds is 3. The second-order valence-corrected chi connectivity index (χ2v) is 5.70. The predicted molar refractivity (Wildman–Crippen MR) is 72.7 cm³/mol. The lowest BCUT2D eigenvalue weighted by atomic mass is 9.85. The van der Waals surface area contributed by atoms with E-state index in [-0.39, 0.29) is 15.9 Å². The van der Waals surface area contributed by atoms with Gasteiger partial charge in [-0.25, -0.2) is 0 Å². The smallest absolute Gasteiger partial charge is 0.332 e. The molecule has 1 rings (SSSR count). The van der Waals surface area contributed by atoms with E-state index in [1.165, 1.54) is 13.2 Å². The van der Waals surface area contributed by atoms with Gasteiger partial charge >= 0.3 is 5.69 Å². The Balaban J connectivity index is 3.84. The van der Waals surface area contributed by atoms with Crippen LogP contribution in [0, 0.1) is 20.2 Å². The van der Waals surface area contributed by atoms with E-state index in [0.717, 1.165) is 0 Å². The molecule has 0 atom stereocenters. The van der Waals surface area contributed by atoms with E-state index in [1.54, 1.807) is 20.8 Å². The van der Waals surface area contributed by atoms with Crippen LogP contribution in [0.3, 0.4) is 0 Å². The van der Waals surface area contributed by atoms with Crippen LogP contribution in [-0.4, -0.2) is 17.0 Å². The molecule has 0 aliphatic heterocycles. The number of hydrogen-bond donors (Lipinski definition) is 0. The molecule has 0 spiro atoms. The lowest BCUT2D eigenvalue weighted by Crippen LogP contribution is -2.15. The van der Waals surface area contributed by atoms with E-state index in [4.69, 9.17) is 4.74 Å². The number of nitro benzene ring substituents is 2. The molecule has 0 unspecified atom stereocenters. The topological polar surface area (TPSA) is 95.5 Å². The Morgan fingerprint density at radius 1 is 1.21 bits per heavy atom. The highest BCUT2D eigenvalue weighted by atomic mass is 79.9. The van der Waals surface area contributed by atoms with Gasteiger partial charge in [-0.1, -0.05) is 20.8 Å². The fraction of sp³-hybridized carbons (Fsp3) is 0.455. The first-order valence-corrected chi connectivity index (χ1v) is 6.10. The largest absolute Gasteiger partial charge is 0.490 e. The molecule has 0 N–H and O–H groups in total. The summed E-state index contributed by atoms with van der Waals surface area (Å²) in [6, 6.07) is 1.30. The first-order valence-electron chi connectivity index (χ1n) is 5.31. The molecule has 0 saturated carbocycles. The molecule has 0 radical (unpaired) electrons. The van der Waals surface area contributed by atoms with Crippen LogP contribution in [0.2, 0.25) is 0 Å². The van der Waals surface area contributed by atoms with Gasteiger partial charge in [0.05, 0.1) is 17.0 Å². The minimum absolute atomic E-state index is 0.0370. The maximum Gasteiger partial charge on any atom is 0.332 e. The number of nitro groups is 2. The number of hydrogen-bond acceptors (Lipinski definition) is 5. The maximum absolute atomic E-state index is 11.1. The van der Waals surface area contributed by atoms with Crippen molar-refractivity contribution in [2.75, 3.05) is 7.11 Å². The molecule has 8 heteroatoms. The zero-order valence-corrected chi connectivity index (χ0v) is 12.5. The first-order chi connectivity index (χ1) is 8.61. The molecule has 0 aliphatic carbocycles. The average molecular weight is 333 g/mol. The van der Waals surface area contributed by atoms with Crippen molar-refractivity contribution < 1.29 is 14.6 Å². The maximum atomic E-state index is 11.1. The SMILES string of the molecule is COc1c(C(C)(C)C)cc([N+](=O)[O-])c(Br)c1[N+](=O)[O-]. The Bertz CT molecular complexity index is 551. The van der Waals surface area contributed by atoms with Gasteiger partial charge in [0.25, 0.3) is 5.69 Å². The van der Waals surface area contributed by atoms with Crippen molar-refractivity contribution in [3.05, 3.63) is 36.3 Å². The Morgan fingerprint density at radius 2 is 1.74 bits per heavy atom. The van der Waals surface area contributed by atoms with Gasteiger partial charge in [0.1, 0.15) is 0 Å². The lowest BCUT2D eigenvalue weighted by Gasteiger charge is -2.21. The molecule has 0 fully saturated rings. The van der Waals surface area contributed by atoms with Crippen LogP contribution in [0.25, 0.3) is 0 Å². The van der Waals surface area contributed by atoms with Gasteiger partial charge in [-0.3, -0.25) is 20.2 Å². The fourth-order valence-electron chi connectivity index (χ4n) is 1.67. The van der Waals surface area contributed by atoms with Crippen LogP contribution in [0.5, 0.6) is 5.75 Å². The minimum Gasteiger partial charge on any atom is -0.490 e. The monoisotopic (exact) mass is 332 g/mol. The summed E-state index contributed by atoms with van der Waals surface area (Å²) < 4.78 is 4.90. The van der Waals surface area contributed by atoms with Crippen LogP contribution >= 0.6 is 15.9 Å². The quantitative estimate of drug-likeness (QED) is 0.622. The van der Waals surface area contributed by atoms with Crippen LogP contribution in [0.15, 0.2) is 10.5 Å². The number of nitrogens with zero attached hydrogens (tertiary/aromatic N) is 2. The van der Waals surface area contributed by atoms with Crippen molar-refractivity contribution in [1.29, 1.82) is 0 Å². The second kappa shape index (κ2) is 5.12. The summed E-state index contributed by atoms with van der Waals surface area (Å²) in [5, 5.41) is 22.1. The molecular weight excluding hydrogens is 320 g/mol. The molecule has 7 nitrogen and oxygen atoms in total. The third-order valence-electron chi connectivity index (χ3n) is 2.56. The summed E-state index contributed by atoms with van der Waals surface area (Å²) in [5.41, 5.74) is -0.891. The van der Waals surface area contributed by atoms with E-state index in [2.05, 4.69) is 15.9 Å². The van der Waals surface area contributed by atoms with Crippen molar-refractivity contribution in [1.82, 2.24) is 0 Å². The third-order valence-corrected chi connectivity index (χ3v) is 3.35. The highest BCUT2D eigenvalue weighted by Crippen LogP contribution is 2.47. The zero-order chi connectivity index (χ0) is 15.0. The molecule has 1 aromatic rings. The fourth-order valence-corrected chi connectivity index (χ4v) is 2.26. The summed E-state index contributed by atoms with van der Waals surface area (Å²) in [7, 11) is 1.30. The first kappa shape index (κ1) is 15.4. The molecule has 0 saturated heterocycles. The Labute approximate surface area is 118 Å². The molecule has 104 valence electrons. The normalized spacial score (nSPS) is 11.2. The van der Waals surface area contributed by atoms with Crippen LogP contribution < -0.4 is 4.74 Å². The van der Waals surface area contributed by atoms with E-state index < -0.39 is 20.9 Å². The minimum atomic E-state index is -0.689.